The lowest BCUT2D eigenvalue weighted by atomic mass is 10.9. The molecule has 0 rings (SSSR count). The highest BCUT2D eigenvalue weighted by Gasteiger charge is 2.29. The third-order valence-electron chi connectivity index (χ3n) is 1.13. The van der Waals surface area contributed by atoms with Crippen molar-refractivity contribution in [2.45, 2.75) is 33.5 Å². The molecule has 0 bridgehead atoms. The van der Waals surface area contributed by atoms with Gasteiger partial charge in [0.05, 0.1) is 6.61 Å². The predicted octanol–water partition coefficient (Wildman–Crippen LogP) is 3.09. The summed E-state index contributed by atoms with van der Waals surface area (Å²) in [7, 11) is -4.50. The third-order valence-corrected chi connectivity index (χ3v) is 5.86. The van der Waals surface area contributed by atoms with Gasteiger partial charge in [-0.25, -0.2) is 0 Å². The normalized spacial score (nSPS) is 17.4. The van der Waals surface area contributed by atoms with Crippen molar-refractivity contribution in [3.63, 3.8) is 0 Å². The molecule has 0 radical (unpaired) electrons. The van der Waals surface area contributed by atoms with Crippen LogP contribution in [0, 0.1) is 0 Å². The molecule has 0 aromatic heterocycles. The molecule has 1 unspecified atom stereocenters. The molecule has 0 aromatic rings. The minimum Gasteiger partial charge on any atom is -0.351 e. The van der Waals surface area contributed by atoms with E-state index in [-0.39, 0.29) is 0 Å². The first kappa shape index (κ1) is 12.4. The van der Waals surface area contributed by atoms with Crippen LogP contribution >= 0.6 is 7.60 Å². The van der Waals surface area contributed by atoms with Crippen molar-refractivity contribution in [2.24, 2.45) is 0 Å². The average molecular weight is 210 g/mol. The molecule has 0 aliphatic heterocycles. The molecule has 3 nitrogen and oxygen atoms in total. The first-order valence-electron chi connectivity index (χ1n) is 4.27. The van der Waals surface area contributed by atoms with Gasteiger partial charge in [-0.15, -0.1) is 0 Å². The molecular weight excluding hydrogens is 191 g/mol. The third kappa shape index (κ3) is 5.09. The van der Waals surface area contributed by atoms with Gasteiger partial charge in [-0.2, -0.15) is 0 Å². The second kappa shape index (κ2) is 4.56. The molecule has 5 heteroatoms. The molecule has 0 N–H and O–H groups in total. The van der Waals surface area contributed by atoms with E-state index in [4.69, 9.17) is 8.74 Å². The molecule has 74 valence electrons. The Morgan fingerprint density at radius 2 is 1.75 bits per heavy atom. The van der Waals surface area contributed by atoms with E-state index in [1.807, 2.05) is 33.5 Å². The summed E-state index contributed by atoms with van der Waals surface area (Å²) in [5.41, 5.74) is 0. The zero-order valence-corrected chi connectivity index (χ0v) is 10.5. The van der Waals surface area contributed by atoms with E-state index in [1.54, 1.807) is 0 Å². The van der Waals surface area contributed by atoms with Gasteiger partial charge in [-0.3, -0.25) is 4.57 Å². The number of rotatable bonds is 5. The zero-order valence-electron chi connectivity index (χ0n) is 8.59. The maximum Gasteiger partial charge on any atom is 0.320 e. The van der Waals surface area contributed by atoms with Crippen molar-refractivity contribution in [1.29, 1.82) is 0 Å². The average Bonchev–Trinajstić information content (AvgIpc) is 1.84. The first-order chi connectivity index (χ1) is 5.33. The Bertz CT molecular complexity index is 176. The minimum atomic E-state index is -2.76. The van der Waals surface area contributed by atoms with Crippen molar-refractivity contribution in [3.8, 4) is 0 Å². The predicted molar refractivity (Wildman–Crippen MR) is 54.2 cm³/mol. The fourth-order valence-electron chi connectivity index (χ4n) is 0.796. The van der Waals surface area contributed by atoms with E-state index < -0.39 is 15.9 Å². The van der Waals surface area contributed by atoms with Crippen LogP contribution in [0.15, 0.2) is 0 Å². The second-order valence-corrected chi connectivity index (χ2v) is 10.6. The molecule has 0 aliphatic rings. The van der Waals surface area contributed by atoms with E-state index in [9.17, 15) is 4.57 Å². The van der Waals surface area contributed by atoms with Crippen molar-refractivity contribution in [3.05, 3.63) is 0 Å². The van der Waals surface area contributed by atoms with E-state index in [0.29, 0.717) is 12.8 Å². The molecule has 0 amide bonds. The van der Waals surface area contributed by atoms with Crippen molar-refractivity contribution < 1.29 is 13.3 Å². The topological polar surface area (TPSA) is 35.5 Å². The van der Waals surface area contributed by atoms with E-state index in [1.165, 1.54) is 0 Å². The molecule has 12 heavy (non-hydrogen) atoms. The highest BCUT2D eigenvalue weighted by molar-refractivity contribution is 7.55. The summed E-state index contributed by atoms with van der Waals surface area (Å²) in [6.45, 7) is 10.1. The molecule has 0 aromatic carbocycles. The SMILES string of the molecule is CCOP(=O)(CC)O[Si](C)(C)C. The Labute approximate surface area is 76.1 Å². The summed E-state index contributed by atoms with van der Waals surface area (Å²) in [5.74, 6) is 0. The lowest BCUT2D eigenvalue weighted by molar-refractivity contribution is 0.279. The molecule has 0 aliphatic carbocycles. The fraction of sp³-hybridized carbons (Fsp3) is 1.00. The van der Waals surface area contributed by atoms with Crippen LogP contribution in [0.2, 0.25) is 19.6 Å². The second-order valence-electron chi connectivity index (χ2n) is 3.55. The number of hydrogen-bond acceptors (Lipinski definition) is 3. The lowest BCUT2D eigenvalue weighted by Crippen LogP contribution is -2.24. The van der Waals surface area contributed by atoms with Gasteiger partial charge in [0, 0.05) is 6.16 Å². The molecule has 1 atom stereocenters. The first-order valence-corrected chi connectivity index (χ1v) is 9.41. The van der Waals surface area contributed by atoms with Gasteiger partial charge in [-0.05, 0) is 26.6 Å². The van der Waals surface area contributed by atoms with Gasteiger partial charge in [0.25, 0.3) is 0 Å². The van der Waals surface area contributed by atoms with Gasteiger partial charge < -0.3 is 8.74 Å². The minimum absolute atomic E-state index is 0.454. The quantitative estimate of drug-likeness (QED) is 0.516. The molecule has 0 saturated heterocycles. The Morgan fingerprint density at radius 1 is 1.25 bits per heavy atom. The molecule has 0 saturated carbocycles. The largest absolute Gasteiger partial charge is 0.351 e. The van der Waals surface area contributed by atoms with Gasteiger partial charge in [0.15, 0.2) is 8.32 Å². The fourth-order valence-corrected chi connectivity index (χ4v) is 5.44. The summed E-state index contributed by atoms with van der Waals surface area (Å²) in [6, 6.07) is 0. The van der Waals surface area contributed by atoms with Crippen LogP contribution in [-0.2, 0) is 13.3 Å². The monoisotopic (exact) mass is 210 g/mol. The van der Waals surface area contributed by atoms with Crippen LogP contribution < -0.4 is 0 Å². The Morgan fingerprint density at radius 3 is 2.00 bits per heavy atom. The summed E-state index contributed by atoms with van der Waals surface area (Å²) in [6.07, 6.45) is 0.463. The van der Waals surface area contributed by atoms with Crippen LogP contribution in [0.4, 0.5) is 0 Å². The van der Waals surface area contributed by atoms with Crippen molar-refractivity contribution >= 4 is 15.9 Å². The van der Waals surface area contributed by atoms with Crippen LogP contribution in [0.5, 0.6) is 0 Å². The summed E-state index contributed by atoms with van der Waals surface area (Å²) < 4.78 is 22.4. The van der Waals surface area contributed by atoms with Gasteiger partial charge >= 0.3 is 7.60 Å². The lowest BCUT2D eigenvalue weighted by Gasteiger charge is -2.24. The van der Waals surface area contributed by atoms with Crippen LogP contribution in [0.25, 0.3) is 0 Å². The van der Waals surface area contributed by atoms with Crippen molar-refractivity contribution in [1.82, 2.24) is 0 Å². The van der Waals surface area contributed by atoms with Crippen LogP contribution in [0.1, 0.15) is 13.8 Å². The Kier molecular flexibility index (Phi) is 4.70. The number of hydrogen-bond donors (Lipinski definition) is 0. The van der Waals surface area contributed by atoms with Crippen molar-refractivity contribution in [2.75, 3.05) is 12.8 Å². The van der Waals surface area contributed by atoms with E-state index in [2.05, 4.69) is 0 Å². The molecule has 0 spiro atoms. The zero-order chi connectivity index (χ0) is 9.83. The highest BCUT2D eigenvalue weighted by Crippen LogP contribution is 2.49. The van der Waals surface area contributed by atoms with Gasteiger partial charge in [0.2, 0.25) is 0 Å². The van der Waals surface area contributed by atoms with Crippen LogP contribution in [0.3, 0.4) is 0 Å². The Balaban J connectivity index is 4.25. The Hall–Kier alpha value is 0.367. The molecule has 0 heterocycles. The molecule has 0 fully saturated rings. The summed E-state index contributed by atoms with van der Waals surface area (Å²) in [5, 5.41) is 0. The molecular formula is C7H19O3PSi. The van der Waals surface area contributed by atoms with Gasteiger partial charge in [-0.1, -0.05) is 6.92 Å². The standard InChI is InChI=1S/C7H19O3PSi/c1-6-9-11(8,7-2)10-12(3,4)5/h6-7H2,1-5H3. The smallest absolute Gasteiger partial charge is 0.320 e. The highest BCUT2D eigenvalue weighted by atomic mass is 31.2. The van der Waals surface area contributed by atoms with Gasteiger partial charge in [0.1, 0.15) is 0 Å². The summed E-state index contributed by atoms with van der Waals surface area (Å²) >= 11 is 0. The van der Waals surface area contributed by atoms with Crippen LogP contribution in [-0.4, -0.2) is 21.1 Å². The maximum absolute atomic E-state index is 11.8. The summed E-state index contributed by atoms with van der Waals surface area (Å²) in [4.78, 5) is 0. The van der Waals surface area contributed by atoms with E-state index in [0.717, 1.165) is 0 Å². The van der Waals surface area contributed by atoms with E-state index >= 15 is 0 Å². The maximum atomic E-state index is 11.8.